The number of rotatable bonds is 2. The lowest BCUT2D eigenvalue weighted by Gasteiger charge is -2.35. The Morgan fingerprint density at radius 1 is 1.53 bits per heavy atom. The molecule has 5 nitrogen and oxygen atoms in total. The lowest BCUT2D eigenvalue weighted by molar-refractivity contribution is 0.102. The minimum atomic E-state index is -0.343. The number of nitrogens with zero attached hydrogens (tertiary/aromatic N) is 3. The highest BCUT2D eigenvalue weighted by Crippen LogP contribution is 2.23. The van der Waals surface area contributed by atoms with E-state index in [0.717, 1.165) is 13.0 Å². The smallest absolute Gasteiger partial charge is 0.157 e. The van der Waals surface area contributed by atoms with Crippen molar-refractivity contribution in [2.24, 2.45) is 11.7 Å². The molecular formula is C11H16N4OS. The molecule has 1 saturated heterocycles. The van der Waals surface area contributed by atoms with Crippen molar-refractivity contribution in [1.82, 2.24) is 9.97 Å². The fraction of sp³-hybridized carbons (Fsp3) is 0.545. The second kappa shape index (κ2) is 4.93. The van der Waals surface area contributed by atoms with Crippen LogP contribution in [0.15, 0.2) is 12.4 Å². The molecule has 1 aliphatic heterocycles. The summed E-state index contributed by atoms with van der Waals surface area (Å²) in [5, 5.41) is 9.88. The van der Waals surface area contributed by atoms with Crippen LogP contribution in [0.1, 0.15) is 19.0 Å². The Morgan fingerprint density at radius 3 is 2.88 bits per heavy atom. The van der Waals surface area contributed by atoms with Crippen molar-refractivity contribution in [2.45, 2.75) is 19.4 Å². The fourth-order valence-electron chi connectivity index (χ4n) is 1.98. The first-order chi connectivity index (χ1) is 8.09. The molecule has 2 unspecified atom stereocenters. The summed E-state index contributed by atoms with van der Waals surface area (Å²) in [6.07, 6.45) is 3.77. The van der Waals surface area contributed by atoms with E-state index in [4.69, 9.17) is 18.0 Å². The Morgan fingerprint density at radius 2 is 2.24 bits per heavy atom. The molecule has 0 radical (unpaired) electrons. The highest BCUT2D eigenvalue weighted by Gasteiger charge is 2.27. The molecule has 6 heteroatoms. The monoisotopic (exact) mass is 252 g/mol. The second-order valence-electron chi connectivity index (χ2n) is 4.37. The maximum Gasteiger partial charge on any atom is 0.157 e. The standard InChI is InChI=1S/C11H16N4OS/c1-7-2-5-15(6-8(7)16)11-9(10(12)17)13-3-4-14-11/h3-4,7-8,16H,2,5-6H2,1H3,(H2,12,17). The van der Waals surface area contributed by atoms with Crippen LogP contribution in [0.5, 0.6) is 0 Å². The Labute approximate surface area is 106 Å². The maximum atomic E-state index is 9.88. The summed E-state index contributed by atoms with van der Waals surface area (Å²) in [6, 6.07) is 0. The van der Waals surface area contributed by atoms with Crippen molar-refractivity contribution in [3.63, 3.8) is 0 Å². The van der Waals surface area contributed by atoms with Gasteiger partial charge in [-0.05, 0) is 12.3 Å². The van der Waals surface area contributed by atoms with Gasteiger partial charge in [0.05, 0.1) is 6.10 Å². The zero-order valence-electron chi connectivity index (χ0n) is 9.71. The van der Waals surface area contributed by atoms with Gasteiger partial charge in [0.1, 0.15) is 10.7 Å². The summed E-state index contributed by atoms with van der Waals surface area (Å²) in [6.45, 7) is 3.44. The number of aliphatic hydroxyl groups excluding tert-OH is 1. The van der Waals surface area contributed by atoms with Gasteiger partial charge < -0.3 is 15.7 Å². The Balaban J connectivity index is 2.25. The van der Waals surface area contributed by atoms with Gasteiger partial charge in [-0.3, -0.25) is 0 Å². The molecule has 2 atom stereocenters. The summed E-state index contributed by atoms with van der Waals surface area (Å²) in [7, 11) is 0. The molecule has 0 saturated carbocycles. The number of nitrogens with two attached hydrogens (primary N) is 1. The van der Waals surface area contributed by atoms with Gasteiger partial charge in [-0.1, -0.05) is 19.1 Å². The first-order valence-corrected chi connectivity index (χ1v) is 6.04. The molecule has 0 bridgehead atoms. The summed E-state index contributed by atoms with van der Waals surface area (Å²) >= 11 is 4.96. The quantitative estimate of drug-likeness (QED) is 0.738. The average Bonchev–Trinajstić information content (AvgIpc) is 2.32. The number of β-amino-alcohol motifs (C(OH)–C–C–N with tert-alkyl or cyclic N) is 1. The van der Waals surface area contributed by atoms with E-state index < -0.39 is 0 Å². The van der Waals surface area contributed by atoms with Crippen LogP contribution in [-0.2, 0) is 0 Å². The Kier molecular flexibility index (Phi) is 3.54. The number of thiocarbonyl (C=S) groups is 1. The van der Waals surface area contributed by atoms with Crippen molar-refractivity contribution in [3.8, 4) is 0 Å². The van der Waals surface area contributed by atoms with Gasteiger partial charge in [-0.2, -0.15) is 0 Å². The van der Waals surface area contributed by atoms with Gasteiger partial charge >= 0.3 is 0 Å². The number of piperidine rings is 1. The van der Waals surface area contributed by atoms with Crippen LogP contribution in [0.2, 0.25) is 0 Å². The number of aliphatic hydroxyl groups is 1. The van der Waals surface area contributed by atoms with Crippen LogP contribution in [0, 0.1) is 5.92 Å². The van der Waals surface area contributed by atoms with E-state index in [0.29, 0.717) is 24.0 Å². The van der Waals surface area contributed by atoms with E-state index in [1.54, 1.807) is 12.4 Å². The maximum absolute atomic E-state index is 9.88. The van der Waals surface area contributed by atoms with E-state index in [1.165, 1.54) is 0 Å². The first kappa shape index (κ1) is 12.2. The van der Waals surface area contributed by atoms with E-state index >= 15 is 0 Å². The van der Waals surface area contributed by atoms with Gasteiger partial charge in [-0.25, -0.2) is 9.97 Å². The van der Waals surface area contributed by atoms with Crippen molar-refractivity contribution in [1.29, 1.82) is 0 Å². The molecule has 1 aromatic rings. The zero-order valence-corrected chi connectivity index (χ0v) is 10.5. The lowest BCUT2D eigenvalue weighted by Crippen LogP contribution is -2.44. The zero-order chi connectivity index (χ0) is 12.4. The third-order valence-electron chi connectivity index (χ3n) is 3.13. The van der Waals surface area contributed by atoms with Gasteiger partial charge in [0.15, 0.2) is 5.82 Å². The number of anilines is 1. The normalized spacial score (nSPS) is 24.7. The van der Waals surface area contributed by atoms with Crippen molar-refractivity contribution < 1.29 is 5.11 Å². The van der Waals surface area contributed by atoms with Crippen LogP contribution in [-0.4, -0.2) is 39.3 Å². The Bertz CT molecular complexity index is 426. The van der Waals surface area contributed by atoms with Crippen molar-refractivity contribution in [3.05, 3.63) is 18.1 Å². The second-order valence-corrected chi connectivity index (χ2v) is 4.81. The molecule has 92 valence electrons. The van der Waals surface area contributed by atoms with Gasteiger partial charge in [0.2, 0.25) is 0 Å². The van der Waals surface area contributed by atoms with Crippen LogP contribution in [0.3, 0.4) is 0 Å². The molecule has 0 aliphatic carbocycles. The minimum Gasteiger partial charge on any atom is -0.391 e. The first-order valence-electron chi connectivity index (χ1n) is 5.63. The third kappa shape index (κ3) is 2.53. The summed E-state index contributed by atoms with van der Waals surface area (Å²) in [4.78, 5) is 10.6. The molecular weight excluding hydrogens is 236 g/mol. The van der Waals surface area contributed by atoms with E-state index in [9.17, 15) is 5.11 Å². The molecule has 1 aromatic heterocycles. The van der Waals surface area contributed by atoms with Crippen molar-refractivity contribution >= 4 is 23.0 Å². The van der Waals surface area contributed by atoms with E-state index in [-0.39, 0.29) is 11.1 Å². The molecule has 2 heterocycles. The highest BCUT2D eigenvalue weighted by molar-refractivity contribution is 7.80. The molecule has 0 amide bonds. The predicted molar refractivity (Wildman–Crippen MR) is 69.9 cm³/mol. The van der Waals surface area contributed by atoms with Crippen LogP contribution in [0.4, 0.5) is 5.82 Å². The van der Waals surface area contributed by atoms with E-state index in [2.05, 4.69) is 9.97 Å². The topological polar surface area (TPSA) is 75.3 Å². The molecule has 17 heavy (non-hydrogen) atoms. The Hall–Kier alpha value is -1.27. The molecule has 3 N–H and O–H groups in total. The number of hydrogen-bond donors (Lipinski definition) is 2. The summed E-state index contributed by atoms with van der Waals surface area (Å²) in [5.74, 6) is 0.988. The van der Waals surface area contributed by atoms with Crippen LogP contribution >= 0.6 is 12.2 Å². The van der Waals surface area contributed by atoms with E-state index in [1.807, 2.05) is 11.8 Å². The van der Waals surface area contributed by atoms with Gasteiger partial charge in [0, 0.05) is 25.5 Å². The molecule has 1 fully saturated rings. The lowest BCUT2D eigenvalue weighted by atomic mass is 9.96. The third-order valence-corrected chi connectivity index (χ3v) is 3.32. The predicted octanol–water partition coefficient (Wildman–Crippen LogP) is 0.318. The molecule has 2 rings (SSSR count). The van der Waals surface area contributed by atoms with Crippen LogP contribution < -0.4 is 10.6 Å². The molecule has 1 aliphatic rings. The van der Waals surface area contributed by atoms with Crippen LogP contribution in [0.25, 0.3) is 0 Å². The highest BCUT2D eigenvalue weighted by atomic mass is 32.1. The summed E-state index contributed by atoms with van der Waals surface area (Å²) in [5.41, 5.74) is 6.15. The van der Waals surface area contributed by atoms with Crippen molar-refractivity contribution in [2.75, 3.05) is 18.0 Å². The summed E-state index contributed by atoms with van der Waals surface area (Å²) < 4.78 is 0. The molecule has 0 aromatic carbocycles. The minimum absolute atomic E-state index is 0.237. The molecule has 0 spiro atoms. The largest absolute Gasteiger partial charge is 0.391 e. The fourth-order valence-corrected chi connectivity index (χ4v) is 2.12. The number of hydrogen-bond acceptors (Lipinski definition) is 5. The van der Waals surface area contributed by atoms with Gasteiger partial charge in [-0.15, -0.1) is 0 Å². The SMILES string of the molecule is CC1CCN(c2nccnc2C(N)=S)CC1O. The average molecular weight is 252 g/mol. The van der Waals surface area contributed by atoms with Gasteiger partial charge in [0.25, 0.3) is 0 Å². The number of aromatic nitrogens is 2.